The number of aliphatic carboxylic acids is 1. The normalized spacial score (nSPS) is 14.6. The summed E-state index contributed by atoms with van der Waals surface area (Å²) in [6.07, 6.45) is 0.532. The monoisotopic (exact) mass is 366 g/mol. The number of carboxylic acid groups (broad SMARTS) is 1. The van der Waals surface area contributed by atoms with Crippen molar-refractivity contribution in [2.24, 2.45) is 17.6 Å². The predicted octanol–water partition coefficient (Wildman–Crippen LogP) is 1.63. The highest BCUT2D eigenvalue weighted by molar-refractivity contribution is 7.81. The molecule has 1 aromatic carbocycles. The summed E-state index contributed by atoms with van der Waals surface area (Å²) in [7, 11) is 0. The maximum absolute atomic E-state index is 12.6. The Bertz CT molecular complexity index is 592. The number of carboxylic acids is 1. The van der Waals surface area contributed by atoms with E-state index < -0.39 is 35.0 Å². The van der Waals surface area contributed by atoms with Crippen molar-refractivity contribution in [1.82, 2.24) is 5.32 Å². The van der Waals surface area contributed by atoms with Crippen LogP contribution in [-0.2, 0) is 20.8 Å². The Morgan fingerprint density at radius 2 is 1.80 bits per heavy atom. The summed E-state index contributed by atoms with van der Waals surface area (Å²) in [6.45, 7) is 3.88. The number of hydrogen-bond donors (Lipinski definition) is 4. The Morgan fingerprint density at radius 1 is 1.20 bits per heavy atom. The van der Waals surface area contributed by atoms with E-state index in [1.54, 1.807) is 0 Å². The van der Waals surface area contributed by atoms with E-state index >= 15 is 0 Å². The Labute approximate surface area is 153 Å². The summed E-state index contributed by atoms with van der Waals surface area (Å²) in [5.74, 6) is -2.47. The van der Waals surface area contributed by atoms with Crippen LogP contribution < -0.4 is 11.1 Å². The van der Waals surface area contributed by atoms with Gasteiger partial charge in [0.05, 0.1) is 12.3 Å². The van der Waals surface area contributed by atoms with Gasteiger partial charge in [0.2, 0.25) is 11.8 Å². The molecule has 2 amide bonds. The van der Waals surface area contributed by atoms with Crippen LogP contribution >= 0.6 is 12.6 Å². The third kappa shape index (κ3) is 7.60. The van der Waals surface area contributed by atoms with E-state index in [2.05, 4.69) is 17.9 Å². The largest absolute Gasteiger partial charge is 0.481 e. The molecule has 25 heavy (non-hydrogen) atoms. The van der Waals surface area contributed by atoms with Gasteiger partial charge in [-0.15, -0.1) is 0 Å². The lowest BCUT2D eigenvalue weighted by atomic mass is 9.91. The van der Waals surface area contributed by atoms with Crippen molar-refractivity contribution < 1.29 is 19.5 Å². The molecule has 1 aromatic rings. The van der Waals surface area contributed by atoms with E-state index in [0.29, 0.717) is 6.42 Å². The van der Waals surface area contributed by atoms with Gasteiger partial charge in [-0.3, -0.25) is 14.4 Å². The Morgan fingerprint density at radius 3 is 2.28 bits per heavy atom. The molecule has 0 saturated carbocycles. The molecule has 1 rings (SSSR count). The molecular weight excluding hydrogens is 340 g/mol. The SMILES string of the molecule is CC(C)CC(C(=O)N[C@@H](Cc1ccccc1)C(N)=O)C(S)CC(=O)O. The van der Waals surface area contributed by atoms with E-state index in [4.69, 9.17) is 10.8 Å². The highest BCUT2D eigenvalue weighted by Crippen LogP contribution is 2.23. The molecule has 0 heterocycles. The van der Waals surface area contributed by atoms with Gasteiger partial charge in [0, 0.05) is 11.7 Å². The molecule has 0 fully saturated rings. The maximum Gasteiger partial charge on any atom is 0.304 e. The third-order valence-corrected chi connectivity index (χ3v) is 4.40. The third-order valence-electron chi connectivity index (χ3n) is 3.85. The van der Waals surface area contributed by atoms with Crippen LogP contribution in [0.5, 0.6) is 0 Å². The molecule has 4 N–H and O–H groups in total. The van der Waals surface area contributed by atoms with Crippen LogP contribution in [0.2, 0.25) is 0 Å². The molecule has 0 aliphatic rings. The van der Waals surface area contributed by atoms with E-state index in [-0.39, 0.29) is 18.8 Å². The fourth-order valence-corrected chi connectivity index (χ4v) is 3.03. The molecule has 7 heteroatoms. The van der Waals surface area contributed by atoms with Crippen LogP contribution in [0.25, 0.3) is 0 Å². The van der Waals surface area contributed by atoms with Crippen LogP contribution in [0.3, 0.4) is 0 Å². The number of carbonyl (C=O) groups is 3. The molecule has 6 nitrogen and oxygen atoms in total. The van der Waals surface area contributed by atoms with Crippen molar-refractivity contribution in [3.63, 3.8) is 0 Å². The van der Waals surface area contributed by atoms with Crippen LogP contribution in [0, 0.1) is 11.8 Å². The van der Waals surface area contributed by atoms with Gasteiger partial charge in [0.15, 0.2) is 0 Å². The van der Waals surface area contributed by atoms with E-state index in [1.807, 2.05) is 44.2 Å². The van der Waals surface area contributed by atoms with E-state index in [9.17, 15) is 14.4 Å². The van der Waals surface area contributed by atoms with Gasteiger partial charge in [0.25, 0.3) is 0 Å². The number of primary amides is 1. The smallest absolute Gasteiger partial charge is 0.304 e. The van der Waals surface area contributed by atoms with E-state index in [0.717, 1.165) is 5.56 Å². The minimum absolute atomic E-state index is 0.181. The molecule has 138 valence electrons. The number of nitrogens with two attached hydrogens (primary N) is 1. The number of benzene rings is 1. The van der Waals surface area contributed by atoms with Gasteiger partial charge < -0.3 is 16.2 Å². The fourth-order valence-electron chi connectivity index (χ4n) is 2.62. The first-order valence-corrected chi connectivity index (χ1v) is 8.75. The zero-order valence-electron chi connectivity index (χ0n) is 14.5. The molecular formula is C18H26N2O4S. The number of nitrogens with one attached hydrogen (secondary N) is 1. The van der Waals surface area contributed by atoms with Crippen molar-refractivity contribution in [2.45, 2.75) is 44.4 Å². The first-order chi connectivity index (χ1) is 11.7. The molecule has 0 bridgehead atoms. The second-order valence-electron chi connectivity index (χ2n) is 6.55. The van der Waals surface area contributed by atoms with Crippen molar-refractivity contribution in [2.75, 3.05) is 0 Å². The summed E-state index contributed by atoms with van der Waals surface area (Å²) in [5, 5.41) is 11.0. The molecule has 0 aromatic heterocycles. The topological polar surface area (TPSA) is 109 Å². The van der Waals surface area contributed by atoms with Crippen LogP contribution in [0.15, 0.2) is 30.3 Å². The Hall–Kier alpha value is -2.02. The predicted molar refractivity (Wildman–Crippen MR) is 99.2 cm³/mol. The Kier molecular flexibility index (Phi) is 8.48. The highest BCUT2D eigenvalue weighted by atomic mass is 32.1. The van der Waals surface area contributed by atoms with Gasteiger partial charge in [-0.2, -0.15) is 12.6 Å². The fraction of sp³-hybridized carbons (Fsp3) is 0.500. The van der Waals surface area contributed by atoms with E-state index in [1.165, 1.54) is 0 Å². The standard InChI is InChI=1S/C18H26N2O4S/c1-11(2)8-13(15(25)10-16(21)22)18(24)20-14(17(19)23)9-12-6-4-3-5-7-12/h3-7,11,13-15,25H,8-10H2,1-2H3,(H2,19,23)(H,20,24)(H,21,22)/t13?,14-,15?/m0/s1. The maximum atomic E-state index is 12.6. The van der Waals surface area contributed by atoms with Gasteiger partial charge in [0.1, 0.15) is 6.04 Å². The van der Waals surface area contributed by atoms with Gasteiger partial charge in [-0.25, -0.2) is 0 Å². The molecule has 0 aliphatic heterocycles. The number of carbonyl (C=O) groups excluding carboxylic acids is 2. The average molecular weight is 366 g/mol. The average Bonchev–Trinajstić information content (AvgIpc) is 2.51. The summed E-state index contributed by atoms with van der Waals surface area (Å²) < 4.78 is 0. The quantitative estimate of drug-likeness (QED) is 0.472. The van der Waals surface area contributed by atoms with Gasteiger partial charge in [-0.05, 0) is 17.9 Å². The molecule has 0 spiro atoms. The molecule has 3 atom stereocenters. The van der Waals surface area contributed by atoms with Crippen molar-refractivity contribution in [1.29, 1.82) is 0 Å². The van der Waals surface area contributed by atoms with Crippen LogP contribution in [0.4, 0.5) is 0 Å². The summed E-state index contributed by atoms with van der Waals surface area (Å²) >= 11 is 4.29. The summed E-state index contributed by atoms with van der Waals surface area (Å²) in [5.41, 5.74) is 6.30. The zero-order valence-corrected chi connectivity index (χ0v) is 15.4. The first kappa shape index (κ1) is 21.0. The second kappa shape index (κ2) is 10.1. The van der Waals surface area contributed by atoms with Gasteiger partial charge >= 0.3 is 5.97 Å². The number of hydrogen-bond acceptors (Lipinski definition) is 4. The van der Waals surface area contributed by atoms with Crippen LogP contribution in [0.1, 0.15) is 32.3 Å². The molecule has 0 aliphatic carbocycles. The number of thiol groups is 1. The first-order valence-electron chi connectivity index (χ1n) is 8.24. The molecule has 0 saturated heterocycles. The number of rotatable bonds is 10. The lowest BCUT2D eigenvalue weighted by Gasteiger charge is -2.25. The van der Waals surface area contributed by atoms with Crippen molar-refractivity contribution >= 4 is 30.4 Å². The summed E-state index contributed by atoms with van der Waals surface area (Å²) in [6, 6.07) is 8.38. The van der Waals surface area contributed by atoms with Crippen molar-refractivity contribution in [3.05, 3.63) is 35.9 Å². The summed E-state index contributed by atoms with van der Waals surface area (Å²) in [4.78, 5) is 35.3. The van der Waals surface area contributed by atoms with Crippen LogP contribution in [-0.4, -0.2) is 34.2 Å². The second-order valence-corrected chi connectivity index (χ2v) is 7.22. The zero-order chi connectivity index (χ0) is 19.0. The minimum Gasteiger partial charge on any atom is -0.481 e. The lowest BCUT2D eigenvalue weighted by molar-refractivity contribution is -0.137. The molecule has 0 radical (unpaired) electrons. The minimum atomic E-state index is -1.02. The molecule has 2 unspecified atom stereocenters. The highest BCUT2D eigenvalue weighted by Gasteiger charge is 2.30. The lowest BCUT2D eigenvalue weighted by Crippen LogP contribution is -2.49. The Balaban J connectivity index is 2.86. The van der Waals surface area contributed by atoms with Crippen molar-refractivity contribution in [3.8, 4) is 0 Å². The van der Waals surface area contributed by atoms with Gasteiger partial charge in [-0.1, -0.05) is 44.2 Å². The number of amides is 2.